The Morgan fingerprint density at radius 1 is 0.833 bits per heavy atom. The van der Waals surface area contributed by atoms with E-state index in [4.69, 9.17) is 0 Å². The van der Waals surface area contributed by atoms with Gasteiger partial charge in [-0.15, -0.1) is 12.4 Å². The van der Waals surface area contributed by atoms with Gasteiger partial charge in [-0.25, -0.2) is 14.4 Å². The first-order valence-corrected chi connectivity index (χ1v) is 8.13. The van der Waals surface area contributed by atoms with E-state index < -0.39 is 29.3 Å². The van der Waals surface area contributed by atoms with Gasteiger partial charge in [0.25, 0.3) is 0 Å². The molecule has 0 aliphatic rings. The molecule has 3 aromatic rings. The molecule has 0 saturated heterocycles. The highest BCUT2D eigenvalue weighted by Crippen LogP contribution is 2.33. The molecule has 30 heavy (non-hydrogen) atoms. The van der Waals surface area contributed by atoms with Crippen molar-refractivity contribution >= 4 is 23.9 Å². The Balaban J connectivity index is 0.00000320. The molecule has 0 unspecified atom stereocenters. The van der Waals surface area contributed by atoms with Gasteiger partial charge in [-0.05, 0) is 29.8 Å². The van der Waals surface area contributed by atoms with Crippen molar-refractivity contribution in [2.45, 2.75) is 18.8 Å². The summed E-state index contributed by atoms with van der Waals surface area (Å²) in [6.07, 6.45) is -8.16. The molecule has 0 saturated carbocycles. The van der Waals surface area contributed by atoms with Crippen LogP contribution in [0.1, 0.15) is 22.4 Å². The predicted octanol–water partition coefficient (Wildman–Crippen LogP) is 6.41. The average molecular weight is 452 g/mol. The Morgan fingerprint density at radius 2 is 1.57 bits per heavy atom. The van der Waals surface area contributed by atoms with Crippen LogP contribution in [0, 0.1) is 5.82 Å². The number of aromatic nitrogens is 2. The van der Waals surface area contributed by atoms with Gasteiger partial charge in [0.15, 0.2) is 0 Å². The van der Waals surface area contributed by atoms with Crippen LogP contribution in [0.15, 0.2) is 54.9 Å². The Kier molecular flexibility index (Phi) is 6.91. The lowest BCUT2D eigenvalue weighted by Gasteiger charge is -2.12. The lowest BCUT2D eigenvalue weighted by molar-refractivity contribution is -0.140. The molecule has 3 rings (SSSR count). The van der Waals surface area contributed by atoms with E-state index in [2.05, 4.69) is 15.3 Å². The monoisotopic (exact) mass is 451 g/mol. The van der Waals surface area contributed by atoms with E-state index in [1.54, 1.807) is 0 Å². The molecule has 0 aliphatic carbocycles. The molecule has 0 spiro atoms. The zero-order valence-corrected chi connectivity index (χ0v) is 15.7. The number of nitrogens with zero attached hydrogens (tertiary/aromatic N) is 2. The highest BCUT2D eigenvalue weighted by molar-refractivity contribution is 5.85. The molecule has 3 nitrogen and oxygen atoms in total. The fourth-order valence-corrected chi connectivity index (χ4v) is 2.60. The number of alkyl halides is 6. The molecule has 0 bridgehead atoms. The molecule has 0 amide bonds. The van der Waals surface area contributed by atoms with Crippen molar-refractivity contribution in [2.75, 3.05) is 5.32 Å². The van der Waals surface area contributed by atoms with Crippen LogP contribution in [0.25, 0.3) is 0 Å². The van der Waals surface area contributed by atoms with Crippen molar-refractivity contribution < 1.29 is 30.7 Å². The number of hydrogen-bond donors (Lipinski definition) is 1. The number of hydrogen-bond acceptors (Lipinski definition) is 3. The van der Waals surface area contributed by atoms with Crippen LogP contribution in [0.2, 0.25) is 0 Å². The summed E-state index contributed by atoms with van der Waals surface area (Å²) >= 11 is 0. The minimum atomic E-state index is -4.86. The Morgan fingerprint density at radius 3 is 2.23 bits per heavy atom. The number of anilines is 2. The molecule has 0 radical (unpaired) electrons. The second kappa shape index (κ2) is 8.86. The van der Waals surface area contributed by atoms with Crippen molar-refractivity contribution in [2.24, 2.45) is 0 Å². The van der Waals surface area contributed by atoms with E-state index in [1.165, 1.54) is 18.2 Å². The van der Waals surface area contributed by atoms with Gasteiger partial charge in [0.05, 0.1) is 16.8 Å². The van der Waals surface area contributed by atoms with E-state index in [9.17, 15) is 30.7 Å². The van der Waals surface area contributed by atoms with Gasteiger partial charge < -0.3 is 5.32 Å². The first-order valence-electron chi connectivity index (χ1n) is 8.13. The van der Waals surface area contributed by atoms with Crippen LogP contribution in [0.4, 0.5) is 42.2 Å². The fraction of sp³-hybridized carbons (Fsp3) is 0.158. The zero-order valence-electron chi connectivity index (χ0n) is 14.9. The second-order valence-corrected chi connectivity index (χ2v) is 6.09. The summed E-state index contributed by atoms with van der Waals surface area (Å²) in [5.41, 5.74) is -1.58. The van der Waals surface area contributed by atoms with E-state index in [-0.39, 0.29) is 30.3 Å². The summed E-state index contributed by atoms with van der Waals surface area (Å²) in [6, 6.07) is 8.49. The SMILES string of the molecule is Cl.Fc1ccc(Nc2cc(Cc3cccc(C(F)(F)F)c3)ncn2)cc1C(F)(F)F. The largest absolute Gasteiger partial charge is 0.419 e. The van der Waals surface area contributed by atoms with Crippen molar-refractivity contribution in [3.8, 4) is 0 Å². The topological polar surface area (TPSA) is 37.8 Å². The molecule has 1 N–H and O–H groups in total. The Labute approximate surface area is 172 Å². The zero-order chi connectivity index (χ0) is 21.2. The van der Waals surface area contributed by atoms with E-state index in [0.717, 1.165) is 24.5 Å². The highest BCUT2D eigenvalue weighted by atomic mass is 35.5. The maximum absolute atomic E-state index is 13.4. The van der Waals surface area contributed by atoms with Crippen molar-refractivity contribution in [1.82, 2.24) is 9.97 Å². The van der Waals surface area contributed by atoms with Gasteiger partial charge in [-0.1, -0.05) is 18.2 Å². The fourth-order valence-electron chi connectivity index (χ4n) is 2.60. The first kappa shape index (κ1) is 23.4. The van der Waals surface area contributed by atoms with Crippen LogP contribution >= 0.6 is 12.4 Å². The molecule has 1 aromatic heterocycles. The minimum absolute atomic E-state index is 0. The van der Waals surface area contributed by atoms with Crippen LogP contribution in [0.5, 0.6) is 0 Å². The number of nitrogens with one attached hydrogen (secondary N) is 1. The maximum atomic E-state index is 13.4. The van der Waals surface area contributed by atoms with Crippen LogP contribution in [-0.4, -0.2) is 9.97 Å². The predicted molar refractivity (Wildman–Crippen MR) is 98.2 cm³/mol. The normalized spacial score (nSPS) is 11.7. The van der Waals surface area contributed by atoms with E-state index >= 15 is 0 Å². The second-order valence-electron chi connectivity index (χ2n) is 6.09. The third kappa shape index (κ3) is 5.82. The van der Waals surface area contributed by atoms with Crippen molar-refractivity contribution in [1.29, 1.82) is 0 Å². The van der Waals surface area contributed by atoms with Gasteiger partial charge in [-0.3, -0.25) is 0 Å². The standard InChI is InChI=1S/C19H12F7N3.ClH/c20-16-5-4-13(8-15(16)19(24,25)26)29-17-9-14(27-10-28-17)7-11-2-1-3-12(6-11)18(21,22)23;/h1-6,8-10H,7H2,(H,27,28,29);1H. The molecule has 2 aromatic carbocycles. The summed E-state index contributed by atoms with van der Waals surface area (Å²) in [5, 5.41) is 2.61. The third-order valence-electron chi connectivity index (χ3n) is 3.91. The summed E-state index contributed by atoms with van der Waals surface area (Å²) in [7, 11) is 0. The molecule has 160 valence electrons. The summed E-state index contributed by atoms with van der Waals surface area (Å²) < 4.78 is 90.3. The van der Waals surface area contributed by atoms with E-state index in [0.29, 0.717) is 23.4 Å². The summed E-state index contributed by atoms with van der Waals surface area (Å²) in [5.74, 6) is -1.29. The molecule has 0 atom stereocenters. The third-order valence-corrected chi connectivity index (χ3v) is 3.91. The summed E-state index contributed by atoms with van der Waals surface area (Å²) in [4.78, 5) is 7.84. The molecular weight excluding hydrogens is 439 g/mol. The molecule has 0 fully saturated rings. The van der Waals surface area contributed by atoms with E-state index in [1.807, 2.05) is 0 Å². The maximum Gasteiger partial charge on any atom is 0.419 e. The lowest BCUT2D eigenvalue weighted by Crippen LogP contribution is -2.09. The van der Waals surface area contributed by atoms with Gasteiger partial charge in [0.2, 0.25) is 0 Å². The smallest absolute Gasteiger partial charge is 0.340 e. The Hall–Kier alpha value is -2.88. The van der Waals surface area contributed by atoms with Gasteiger partial charge in [0.1, 0.15) is 18.0 Å². The van der Waals surface area contributed by atoms with Gasteiger partial charge in [0, 0.05) is 18.2 Å². The summed E-state index contributed by atoms with van der Waals surface area (Å²) in [6.45, 7) is 0. The lowest BCUT2D eigenvalue weighted by atomic mass is 10.1. The quantitative estimate of drug-likeness (QED) is 0.466. The van der Waals surface area contributed by atoms with Crippen molar-refractivity contribution in [3.63, 3.8) is 0 Å². The van der Waals surface area contributed by atoms with Gasteiger partial charge >= 0.3 is 12.4 Å². The molecule has 1 heterocycles. The minimum Gasteiger partial charge on any atom is -0.340 e. The average Bonchev–Trinajstić information content (AvgIpc) is 2.62. The first-order chi connectivity index (χ1) is 13.5. The van der Waals surface area contributed by atoms with Crippen LogP contribution < -0.4 is 5.32 Å². The van der Waals surface area contributed by atoms with Crippen LogP contribution in [-0.2, 0) is 18.8 Å². The molecule has 0 aliphatic heterocycles. The van der Waals surface area contributed by atoms with Crippen molar-refractivity contribution in [3.05, 3.63) is 83.1 Å². The number of halogens is 8. The molecular formula is C19H13ClF7N3. The Bertz CT molecular complexity index is 1020. The van der Waals surface area contributed by atoms with Gasteiger partial charge in [-0.2, -0.15) is 26.3 Å². The highest BCUT2D eigenvalue weighted by Gasteiger charge is 2.34. The molecule has 11 heteroatoms. The number of rotatable bonds is 4. The van der Waals surface area contributed by atoms with Crippen LogP contribution in [0.3, 0.4) is 0 Å². The number of benzene rings is 2.